The lowest BCUT2D eigenvalue weighted by Crippen LogP contribution is -2.71. The van der Waals surface area contributed by atoms with Crippen LogP contribution in [-0.2, 0) is 43.5 Å². The number of aliphatic carboxylic acids is 2. The van der Waals surface area contributed by atoms with Crippen molar-refractivity contribution in [1.82, 2.24) is 24.3 Å². The summed E-state index contributed by atoms with van der Waals surface area (Å²) in [6.45, 7) is 4.91. The normalized spacial score (nSPS) is 19.9. The maximum atomic E-state index is 13.3. The van der Waals surface area contributed by atoms with Crippen LogP contribution >= 0.6 is 23.3 Å². The molecule has 0 aliphatic carbocycles. The molecular formula is C25H33N10O7S2+. The number of fused-ring (bicyclic) bond motifs is 2. The molecule has 8 N–H and O–H groups in total. The average molecular weight is 650 g/mol. The number of nitrogen functional groups attached to an aromatic ring is 1. The predicted octanol–water partition coefficient (Wildman–Crippen LogP) is -1.06. The fourth-order valence-electron chi connectivity index (χ4n) is 5.02. The quantitative estimate of drug-likeness (QED) is 0.0696. The van der Waals surface area contributed by atoms with Gasteiger partial charge in [-0.3, -0.25) is 14.5 Å². The summed E-state index contributed by atoms with van der Waals surface area (Å²) in [6, 6.07) is -1.09. The molecule has 0 spiro atoms. The average Bonchev–Trinajstić information content (AvgIpc) is 3.57. The lowest BCUT2D eigenvalue weighted by atomic mass is 10.0. The van der Waals surface area contributed by atoms with Gasteiger partial charge in [0.05, 0.1) is 12.1 Å². The van der Waals surface area contributed by atoms with Gasteiger partial charge in [0.25, 0.3) is 11.8 Å². The lowest BCUT2D eigenvalue weighted by molar-refractivity contribution is -0.768. The number of carbonyl (C=O) groups is 4. The number of hydrogen-bond acceptors (Lipinski definition) is 13. The first-order valence-corrected chi connectivity index (χ1v) is 15.6. The molecule has 1 fully saturated rings. The molecule has 2 atom stereocenters. The number of carboxylic acid groups (broad SMARTS) is 2. The van der Waals surface area contributed by atoms with Gasteiger partial charge in [0.15, 0.2) is 17.5 Å². The van der Waals surface area contributed by atoms with Gasteiger partial charge in [0.2, 0.25) is 23.3 Å². The number of carboxylic acids is 2. The topological polar surface area (TPSA) is 244 Å². The predicted molar refractivity (Wildman–Crippen MR) is 158 cm³/mol. The second-order valence-corrected chi connectivity index (χ2v) is 12.7. The number of aryl methyl sites for hydroxylation is 1. The number of anilines is 2. The van der Waals surface area contributed by atoms with Gasteiger partial charge in [-0.25, -0.2) is 9.59 Å². The third-order valence-corrected chi connectivity index (χ3v) is 9.19. The Bertz CT molecular complexity index is 1570. The van der Waals surface area contributed by atoms with Crippen molar-refractivity contribution in [3.8, 4) is 0 Å². The molecule has 17 nitrogen and oxygen atoms in total. The van der Waals surface area contributed by atoms with Crippen LogP contribution in [0, 0.1) is 0 Å². The summed E-state index contributed by atoms with van der Waals surface area (Å²) in [5, 5.41) is 28.5. The van der Waals surface area contributed by atoms with E-state index in [-0.39, 0.29) is 23.2 Å². The first-order valence-electron chi connectivity index (χ1n) is 13.8. The molecule has 5 heterocycles. The van der Waals surface area contributed by atoms with Crippen molar-refractivity contribution in [3.63, 3.8) is 0 Å². The second kappa shape index (κ2) is 12.4. The van der Waals surface area contributed by atoms with Crippen molar-refractivity contribution in [2.24, 2.45) is 10.9 Å². The minimum atomic E-state index is -1.79. The zero-order valence-electron chi connectivity index (χ0n) is 24.0. The number of β-lactam (4-membered cyclic amide) rings is 1. The Hall–Kier alpha value is -4.23. The van der Waals surface area contributed by atoms with Gasteiger partial charge in [0, 0.05) is 29.4 Å². The highest BCUT2D eigenvalue weighted by molar-refractivity contribution is 8.00. The highest BCUT2D eigenvalue weighted by Crippen LogP contribution is 2.40. The van der Waals surface area contributed by atoms with Gasteiger partial charge in [-0.1, -0.05) is 5.16 Å². The summed E-state index contributed by atoms with van der Waals surface area (Å²) in [7, 11) is 0. The zero-order chi connectivity index (χ0) is 31.8. The van der Waals surface area contributed by atoms with Crippen LogP contribution in [0.2, 0.25) is 0 Å². The molecule has 2 aromatic heterocycles. The fraction of sp³-hybridized carbons (Fsp3) is 0.520. The SMILES string of the molecule is CC(C)(O/N=C(\C(=O)N[C@@H]1C(=O)N2C(C(=O)O)=C(C[n+]3cc(CCCN)c4n3CCCN4)CS[C@H]12)c1nsc(N)n1)C(=O)O. The number of amides is 2. The third kappa shape index (κ3) is 5.93. The Morgan fingerprint density at radius 3 is 2.77 bits per heavy atom. The summed E-state index contributed by atoms with van der Waals surface area (Å²) in [5.74, 6) is -3.02. The van der Waals surface area contributed by atoms with Gasteiger partial charge in [-0.15, -0.1) is 21.1 Å². The zero-order valence-corrected chi connectivity index (χ0v) is 25.6. The molecular weight excluding hydrogens is 616 g/mol. The third-order valence-electron chi connectivity index (χ3n) is 7.30. The number of nitrogens with one attached hydrogen (secondary N) is 2. The summed E-state index contributed by atoms with van der Waals surface area (Å²) >= 11 is 2.11. The van der Waals surface area contributed by atoms with Crippen LogP contribution in [0.4, 0.5) is 10.9 Å². The molecule has 0 bridgehead atoms. The lowest BCUT2D eigenvalue weighted by Gasteiger charge is -2.49. The van der Waals surface area contributed by atoms with Crippen LogP contribution in [0.15, 0.2) is 22.6 Å². The molecule has 2 amide bonds. The first-order chi connectivity index (χ1) is 20.9. The summed E-state index contributed by atoms with van der Waals surface area (Å²) in [4.78, 5) is 60.8. The number of nitrogens with two attached hydrogens (primary N) is 2. The number of hydrogen-bond donors (Lipinski definition) is 6. The van der Waals surface area contributed by atoms with Gasteiger partial charge < -0.3 is 37.2 Å². The molecule has 0 unspecified atom stereocenters. The smallest absolute Gasteiger partial charge is 0.352 e. The van der Waals surface area contributed by atoms with Crippen LogP contribution in [0.3, 0.4) is 0 Å². The van der Waals surface area contributed by atoms with E-state index in [1.165, 1.54) is 30.5 Å². The van der Waals surface area contributed by atoms with Gasteiger partial charge >= 0.3 is 11.9 Å². The van der Waals surface area contributed by atoms with E-state index in [4.69, 9.17) is 16.3 Å². The largest absolute Gasteiger partial charge is 0.478 e. The summed E-state index contributed by atoms with van der Waals surface area (Å²) in [6.07, 6.45) is 4.52. The van der Waals surface area contributed by atoms with Crippen LogP contribution < -0.4 is 26.8 Å². The van der Waals surface area contributed by atoms with E-state index >= 15 is 0 Å². The minimum Gasteiger partial charge on any atom is -0.478 e. The molecule has 1 saturated heterocycles. The number of oxime groups is 1. The van der Waals surface area contributed by atoms with Crippen molar-refractivity contribution in [3.05, 3.63) is 28.9 Å². The Balaban J connectivity index is 1.37. The van der Waals surface area contributed by atoms with E-state index in [9.17, 15) is 29.4 Å². The minimum absolute atomic E-state index is 0.0277. The van der Waals surface area contributed by atoms with E-state index in [0.29, 0.717) is 17.9 Å². The Morgan fingerprint density at radius 1 is 1.34 bits per heavy atom. The van der Waals surface area contributed by atoms with Crippen molar-refractivity contribution in [2.45, 2.75) is 63.2 Å². The number of carbonyl (C=O) groups excluding carboxylic acids is 2. The highest BCUT2D eigenvalue weighted by atomic mass is 32.2. The van der Waals surface area contributed by atoms with Gasteiger partial charge in [0.1, 0.15) is 17.1 Å². The molecule has 0 aromatic carbocycles. The molecule has 2 aromatic rings. The molecule has 5 rings (SSSR count). The van der Waals surface area contributed by atoms with E-state index in [0.717, 1.165) is 55.3 Å². The van der Waals surface area contributed by atoms with Crippen molar-refractivity contribution in [2.75, 3.05) is 29.9 Å². The molecule has 0 saturated carbocycles. The Kier molecular flexibility index (Phi) is 8.80. The highest BCUT2D eigenvalue weighted by Gasteiger charge is 2.55. The van der Waals surface area contributed by atoms with E-state index < -0.39 is 46.5 Å². The van der Waals surface area contributed by atoms with E-state index in [2.05, 4.69) is 29.8 Å². The van der Waals surface area contributed by atoms with Crippen LogP contribution in [0.25, 0.3) is 0 Å². The monoisotopic (exact) mass is 649 g/mol. The number of aromatic nitrogens is 4. The van der Waals surface area contributed by atoms with Crippen molar-refractivity contribution in [1.29, 1.82) is 0 Å². The summed E-state index contributed by atoms with van der Waals surface area (Å²) < 4.78 is 8.02. The number of nitrogens with zero attached hydrogens (tertiary/aromatic N) is 6. The van der Waals surface area contributed by atoms with Gasteiger partial charge in [-0.2, -0.15) is 9.36 Å². The number of thioether (sulfide) groups is 1. The standard InChI is InChI=1S/C25H32N10O7S2/c1-25(2,23(40)41)42-31-14(17-30-24(27)44-32-17)19(36)29-15-20(37)35-16(22(38)39)13(11-43-21(15)35)10-33-9-12(5-3-6-26)18-28-7-4-8-34(18)33/h9,15,21H,3-8,10-11,26H2,1-2H3,(H5,27,29,30,32,36,38,39,40,41)/p+1/b31-14-/t15-,21-/m1/s1. The Labute approximate surface area is 259 Å². The second-order valence-electron chi connectivity index (χ2n) is 10.8. The van der Waals surface area contributed by atoms with E-state index in [1.807, 2.05) is 10.9 Å². The molecule has 3 aliphatic heterocycles. The van der Waals surface area contributed by atoms with Gasteiger partial charge in [-0.05, 0) is 39.7 Å². The molecule has 19 heteroatoms. The maximum Gasteiger partial charge on any atom is 0.352 e. The van der Waals surface area contributed by atoms with Crippen LogP contribution in [0.1, 0.15) is 38.1 Å². The van der Waals surface area contributed by atoms with Crippen molar-refractivity contribution < 1.29 is 38.9 Å². The van der Waals surface area contributed by atoms with Crippen LogP contribution in [-0.4, -0.2) is 94.5 Å². The molecule has 236 valence electrons. The summed E-state index contributed by atoms with van der Waals surface area (Å²) in [5.41, 5.74) is 10.6. The molecule has 44 heavy (non-hydrogen) atoms. The Morgan fingerprint density at radius 2 is 2.11 bits per heavy atom. The molecule has 3 aliphatic rings. The number of rotatable bonds is 12. The fourth-order valence-corrected chi connectivity index (χ4v) is 6.79. The van der Waals surface area contributed by atoms with Crippen molar-refractivity contribution >= 4 is 63.7 Å². The maximum absolute atomic E-state index is 13.3. The molecule has 0 radical (unpaired) electrons. The van der Waals surface area contributed by atoms with Crippen LogP contribution in [0.5, 0.6) is 0 Å². The first kappa shape index (κ1) is 31.2. The van der Waals surface area contributed by atoms with E-state index in [1.54, 1.807) is 0 Å².